The van der Waals surface area contributed by atoms with Crippen LogP contribution in [0.25, 0.3) is 21.8 Å². The van der Waals surface area contributed by atoms with Gasteiger partial charge in [-0.05, 0) is 24.3 Å². The summed E-state index contributed by atoms with van der Waals surface area (Å²) in [7, 11) is -5.17. The number of rotatable bonds is 0. The average Bonchev–Trinajstić information content (AvgIpc) is 2.37. The molecule has 0 radical (unpaired) electrons. The summed E-state index contributed by atoms with van der Waals surface area (Å²) >= 11 is 0. The van der Waals surface area contributed by atoms with Gasteiger partial charge in [0.2, 0.25) is 0 Å². The first-order chi connectivity index (χ1) is 8.95. The van der Waals surface area contributed by atoms with Crippen molar-refractivity contribution in [3.05, 3.63) is 48.8 Å². The third-order valence-corrected chi connectivity index (χ3v) is 2.35. The monoisotopic (exact) mass is 340 g/mol. The minimum atomic E-state index is -5.17. The summed E-state index contributed by atoms with van der Waals surface area (Å²) in [5.74, 6) is 0. The van der Waals surface area contributed by atoms with E-state index in [0.29, 0.717) is 0 Å². The molecule has 0 aliphatic rings. The fourth-order valence-electron chi connectivity index (χ4n) is 1.70. The van der Waals surface area contributed by atoms with E-state index in [4.69, 9.17) is 17.5 Å². The predicted octanol–water partition coefficient (Wildman–Crippen LogP) is 1.44. The van der Waals surface area contributed by atoms with Crippen LogP contribution in [-0.4, -0.2) is 27.5 Å². The largest absolute Gasteiger partial charge is 2.00 e. The Labute approximate surface area is 128 Å². The van der Waals surface area contributed by atoms with Crippen molar-refractivity contribution in [3.63, 3.8) is 0 Å². The van der Waals surface area contributed by atoms with Gasteiger partial charge in [-0.25, -0.2) is 0 Å². The van der Waals surface area contributed by atoms with E-state index in [9.17, 15) is 0 Å². The molecule has 0 amide bonds. The zero-order chi connectivity index (χ0) is 13.9. The molecule has 20 heavy (non-hydrogen) atoms. The molecule has 0 aliphatic carbocycles. The summed E-state index contributed by atoms with van der Waals surface area (Å²) in [5, 5.41) is 2.28. The molecule has 2 aromatic heterocycles. The smallest absolute Gasteiger partial charge is 0.759 e. The molecule has 0 unspecified atom stereocenters. The van der Waals surface area contributed by atoms with Crippen molar-refractivity contribution in [2.45, 2.75) is 0 Å². The van der Waals surface area contributed by atoms with Crippen molar-refractivity contribution in [1.29, 1.82) is 0 Å². The molecule has 0 fully saturated rings. The summed E-state index contributed by atoms with van der Waals surface area (Å²) < 4.78 is 34.1. The fraction of sp³-hybridized carbons (Fsp3) is 0. The number of aromatic nitrogens is 2. The van der Waals surface area contributed by atoms with Gasteiger partial charge in [0, 0.05) is 33.6 Å². The van der Waals surface area contributed by atoms with Gasteiger partial charge >= 0.3 is 19.5 Å². The van der Waals surface area contributed by atoms with Gasteiger partial charge in [0.15, 0.2) is 0 Å². The van der Waals surface area contributed by atoms with E-state index in [2.05, 4.69) is 28.2 Å². The Morgan fingerprint density at radius 1 is 0.900 bits per heavy atom. The van der Waals surface area contributed by atoms with Crippen molar-refractivity contribution in [3.8, 4) is 0 Å². The van der Waals surface area contributed by atoms with Gasteiger partial charge in [-0.1, -0.05) is 12.1 Å². The molecule has 0 saturated carbocycles. The predicted molar refractivity (Wildman–Crippen MR) is 67.5 cm³/mol. The zero-order valence-electron chi connectivity index (χ0n) is 10.3. The molecular formula is C12H8N2O4SZn. The second kappa shape index (κ2) is 6.81. The first-order valence-electron chi connectivity index (χ1n) is 5.20. The molecule has 1 aromatic carbocycles. The first kappa shape index (κ1) is 16.6. The summed E-state index contributed by atoms with van der Waals surface area (Å²) in [6, 6.07) is 12.1. The SMILES string of the molecule is O=S(=O)([O-])[O-].[Zn+2].c1cnc2c(c1)ccc1ncccc12. The number of hydrogen-bond donors (Lipinski definition) is 0. The summed E-state index contributed by atoms with van der Waals surface area (Å²) in [4.78, 5) is 8.66. The topological polar surface area (TPSA) is 106 Å². The third-order valence-electron chi connectivity index (χ3n) is 2.35. The number of nitrogens with zero attached hydrogens (tertiary/aromatic N) is 2. The Bertz CT molecular complexity index is 761. The Kier molecular flexibility index (Phi) is 5.65. The van der Waals surface area contributed by atoms with Gasteiger partial charge in [-0.15, -0.1) is 0 Å². The van der Waals surface area contributed by atoms with Gasteiger partial charge in [0.25, 0.3) is 0 Å². The Morgan fingerprint density at radius 2 is 1.50 bits per heavy atom. The molecule has 8 heteroatoms. The molecule has 0 aliphatic heterocycles. The van der Waals surface area contributed by atoms with Crippen LogP contribution in [0.2, 0.25) is 0 Å². The average molecular weight is 342 g/mol. The molecule has 0 saturated heterocycles. The molecule has 0 spiro atoms. The minimum Gasteiger partial charge on any atom is -0.759 e. The summed E-state index contributed by atoms with van der Waals surface area (Å²) in [6.07, 6.45) is 3.62. The van der Waals surface area contributed by atoms with Gasteiger partial charge < -0.3 is 9.11 Å². The van der Waals surface area contributed by atoms with Crippen LogP contribution in [0.5, 0.6) is 0 Å². The van der Waals surface area contributed by atoms with E-state index in [1.54, 1.807) is 6.20 Å². The van der Waals surface area contributed by atoms with Gasteiger partial charge in [0.05, 0.1) is 11.0 Å². The van der Waals surface area contributed by atoms with Crippen LogP contribution < -0.4 is 0 Å². The van der Waals surface area contributed by atoms with Crippen LogP contribution in [0, 0.1) is 0 Å². The molecule has 0 atom stereocenters. The Morgan fingerprint density at radius 3 is 2.20 bits per heavy atom. The van der Waals surface area contributed by atoms with E-state index >= 15 is 0 Å². The van der Waals surface area contributed by atoms with E-state index in [-0.39, 0.29) is 19.5 Å². The number of hydrogen-bond acceptors (Lipinski definition) is 6. The normalized spacial score (nSPS) is 10.5. The summed E-state index contributed by atoms with van der Waals surface area (Å²) in [5.41, 5.74) is 2.02. The van der Waals surface area contributed by atoms with Crippen LogP contribution in [0.1, 0.15) is 0 Å². The minimum absolute atomic E-state index is 0. The molecule has 0 N–H and O–H groups in total. The number of benzene rings is 1. The van der Waals surface area contributed by atoms with Crippen molar-refractivity contribution in [2.24, 2.45) is 0 Å². The number of pyridine rings is 2. The first-order valence-corrected chi connectivity index (χ1v) is 6.53. The standard InChI is InChI=1S/C12H8N2.H2O4S.Zn/c1-3-9-5-6-11-10(4-2-7-13-11)12(9)14-8-1;1-5(2,3)4;/h1-8H;(H2,1,2,3,4);/q;;+2/p-2. The Hall–Kier alpha value is -1.47. The maximum Gasteiger partial charge on any atom is 2.00 e. The maximum absolute atomic E-state index is 8.52. The van der Waals surface area contributed by atoms with E-state index in [0.717, 1.165) is 21.8 Å². The van der Waals surface area contributed by atoms with Crippen LogP contribution in [0.15, 0.2) is 48.8 Å². The van der Waals surface area contributed by atoms with Crippen molar-refractivity contribution >= 4 is 32.2 Å². The van der Waals surface area contributed by atoms with Gasteiger partial charge in [-0.2, -0.15) is 0 Å². The summed E-state index contributed by atoms with van der Waals surface area (Å²) in [6.45, 7) is 0. The van der Waals surface area contributed by atoms with Crippen molar-refractivity contribution in [1.82, 2.24) is 9.97 Å². The van der Waals surface area contributed by atoms with Crippen LogP contribution in [0.4, 0.5) is 0 Å². The van der Waals surface area contributed by atoms with Crippen molar-refractivity contribution < 1.29 is 37.0 Å². The van der Waals surface area contributed by atoms with Crippen LogP contribution in [-0.2, 0) is 29.9 Å². The molecule has 3 aromatic rings. The van der Waals surface area contributed by atoms with E-state index in [1.807, 2.05) is 24.4 Å². The second-order valence-electron chi connectivity index (χ2n) is 3.62. The molecule has 3 rings (SSSR count). The third kappa shape index (κ3) is 4.57. The van der Waals surface area contributed by atoms with E-state index in [1.165, 1.54) is 0 Å². The quantitative estimate of drug-likeness (QED) is 0.265. The molecule has 98 valence electrons. The fourth-order valence-corrected chi connectivity index (χ4v) is 1.70. The maximum atomic E-state index is 8.52. The number of fused-ring (bicyclic) bond motifs is 3. The molecular weight excluding hydrogens is 334 g/mol. The molecule has 2 heterocycles. The van der Waals surface area contributed by atoms with Crippen LogP contribution in [0.3, 0.4) is 0 Å². The van der Waals surface area contributed by atoms with E-state index < -0.39 is 10.4 Å². The van der Waals surface area contributed by atoms with Crippen LogP contribution >= 0.6 is 0 Å². The molecule has 0 bridgehead atoms. The van der Waals surface area contributed by atoms with Gasteiger partial charge in [-0.3, -0.25) is 18.4 Å². The molecule has 6 nitrogen and oxygen atoms in total. The zero-order valence-corrected chi connectivity index (χ0v) is 14.0. The van der Waals surface area contributed by atoms with Gasteiger partial charge in [0.1, 0.15) is 0 Å². The second-order valence-corrected chi connectivity index (χ2v) is 4.44. The van der Waals surface area contributed by atoms with Crippen molar-refractivity contribution in [2.75, 3.05) is 0 Å². The Balaban J connectivity index is 0.000000293.